The maximum absolute atomic E-state index is 6.36. The fourth-order valence-corrected chi connectivity index (χ4v) is 4.33. The predicted octanol–water partition coefficient (Wildman–Crippen LogP) is 2.45. The van der Waals surface area contributed by atoms with E-state index in [1.54, 1.807) is 14.2 Å². The Morgan fingerprint density at radius 1 is 1.23 bits per heavy atom. The van der Waals surface area contributed by atoms with Crippen molar-refractivity contribution >= 4 is 17.3 Å². The molecule has 0 saturated carbocycles. The Morgan fingerprint density at radius 3 is 2.68 bits per heavy atom. The van der Waals surface area contributed by atoms with E-state index in [1.807, 2.05) is 12.1 Å². The molecular formula is C16H20ClN3O2. The van der Waals surface area contributed by atoms with Gasteiger partial charge in [-0.1, -0.05) is 11.6 Å². The highest BCUT2D eigenvalue weighted by atomic mass is 35.5. The Bertz CT molecular complexity index is 626. The number of nitrogens with one attached hydrogen (secondary N) is 1. The van der Waals surface area contributed by atoms with E-state index in [4.69, 9.17) is 21.1 Å². The Kier molecular flexibility index (Phi) is 3.42. The number of benzene rings is 1. The molecule has 5 rings (SSSR count). The first-order valence-electron chi connectivity index (χ1n) is 7.71. The molecule has 2 unspecified atom stereocenters. The first-order valence-corrected chi connectivity index (χ1v) is 8.09. The van der Waals surface area contributed by atoms with Gasteiger partial charge in [-0.05, 0) is 43.6 Å². The molecule has 4 heterocycles. The maximum atomic E-state index is 6.36. The number of piperidine rings is 3. The second-order valence-corrected chi connectivity index (χ2v) is 6.54. The zero-order valence-corrected chi connectivity index (χ0v) is 13.6. The molecule has 0 spiro atoms. The Balaban J connectivity index is 1.70. The summed E-state index contributed by atoms with van der Waals surface area (Å²) in [4.78, 5) is 2.54. The minimum absolute atomic E-state index is 0.135. The first-order chi connectivity index (χ1) is 10.7. The van der Waals surface area contributed by atoms with Gasteiger partial charge in [-0.3, -0.25) is 4.90 Å². The fraction of sp³-hybridized carbons (Fsp3) is 0.562. The summed E-state index contributed by atoms with van der Waals surface area (Å²) in [5.74, 6) is 1.89. The molecule has 3 fully saturated rings. The molecule has 4 aliphatic rings. The number of hydrogen-bond donors (Lipinski definition) is 1. The van der Waals surface area contributed by atoms with Crippen molar-refractivity contribution in [3.05, 3.63) is 22.7 Å². The SMILES string of the molecule is COc1cc(C2NN=C3C4CCN(CC4)C32)cc(Cl)c1OC. The Hall–Kier alpha value is -1.46. The number of fused-ring (bicyclic) bond motifs is 2. The molecule has 22 heavy (non-hydrogen) atoms. The molecule has 4 aliphatic heterocycles. The lowest BCUT2D eigenvalue weighted by atomic mass is 9.78. The lowest BCUT2D eigenvalue weighted by Gasteiger charge is -2.45. The van der Waals surface area contributed by atoms with Crippen molar-refractivity contribution in [2.45, 2.75) is 24.9 Å². The van der Waals surface area contributed by atoms with Gasteiger partial charge in [0.2, 0.25) is 0 Å². The zero-order valence-electron chi connectivity index (χ0n) is 12.8. The third kappa shape index (κ3) is 1.99. The number of hydrazone groups is 1. The quantitative estimate of drug-likeness (QED) is 0.929. The third-order valence-corrected chi connectivity index (χ3v) is 5.39. The average Bonchev–Trinajstić information content (AvgIpc) is 3.02. The molecule has 1 aromatic carbocycles. The molecule has 2 atom stereocenters. The third-order valence-electron chi connectivity index (χ3n) is 5.11. The largest absolute Gasteiger partial charge is 0.493 e. The highest BCUT2D eigenvalue weighted by molar-refractivity contribution is 6.32. The van der Waals surface area contributed by atoms with E-state index in [2.05, 4.69) is 15.4 Å². The van der Waals surface area contributed by atoms with E-state index in [0.717, 1.165) is 18.7 Å². The van der Waals surface area contributed by atoms with E-state index in [0.29, 0.717) is 28.5 Å². The summed E-state index contributed by atoms with van der Waals surface area (Å²) in [6, 6.07) is 4.45. The van der Waals surface area contributed by atoms with Crippen LogP contribution in [0.2, 0.25) is 5.02 Å². The molecule has 0 radical (unpaired) electrons. The van der Waals surface area contributed by atoms with Gasteiger partial charge in [-0.15, -0.1) is 0 Å². The summed E-state index contributed by atoms with van der Waals surface area (Å²) in [5.41, 5.74) is 5.73. The van der Waals surface area contributed by atoms with Crippen LogP contribution in [-0.2, 0) is 0 Å². The van der Waals surface area contributed by atoms with Crippen molar-refractivity contribution in [3.63, 3.8) is 0 Å². The van der Waals surface area contributed by atoms with E-state index in [1.165, 1.54) is 18.6 Å². The van der Waals surface area contributed by atoms with Crippen LogP contribution in [0.3, 0.4) is 0 Å². The van der Waals surface area contributed by atoms with Crippen LogP contribution in [0.5, 0.6) is 11.5 Å². The van der Waals surface area contributed by atoms with E-state index >= 15 is 0 Å². The van der Waals surface area contributed by atoms with Crippen molar-refractivity contribution in [1.82, 2.24) is 10.3 Å². The summed E-state index contributed by atoms with van der Waals surface area (Å²) in [6.07, 6.45) is 2.47. The topological polar surface area (TPSA) is 46.1 Å². The summed E-state index contributed by atoms with van der Waals surface area (Å²) >= 11 is 6.36. The van der Waals surface area contributed by atoms with Crippen LogP contribution in [0, 0.1) is 5.92 Å². The number of nitrogens with zero attached hydrogens (tertiary/aromatic N) is 2. The summed E-state index contributed by atoms with van der Waals surface area (Å²) < 4.78 is 10.8. The van der Waals surface area contributed by atoms with Gasteiger partial charge in [-0.25, -0.2) is 0 Å². The molecule has 0 aliphatic carbocycles. The number of ether oxygens (including phenoxy) is 2. The summed E-state index contributed by atoms with van der Waals surface area (Å²) in [6.45, 7) is 2.32. The van der Waals surface area contributed by atoms with Crippen molar-refractivity contribution in [3.8, 4) is 11.5 Å². The fourth-order valence-electron chi connectivity index (χ4n) is 4.03. The van der Waals surface area contributed by atoms with Gasteiger partial charge in [-0.2, -0.15) is 5.10 Å². The van der Waals surface area contributed by atoms with Crippen molar-refractivity contribution in [1.29, 1.82) is 0 Å². The van der Waals surface area contributed by atoms with Crippen molar-refractivity contribution in [2.24, 2.45) is 11.0 Å². The van der Waals surface area contributed by atoms with Crippen LogP contribution in [0.1, 0.15) is 24.4 Å². The standard InChI is InChI=1S/C16H20ClN3O2/c1-21-12-8-10(7-11(17)16(12)22-2)14-15-13(18-19-14)9-3-5-20(15)6-4-9/h7-9,14-15,19H,3-6H2,1-2H3. The van der Waals surface area contributed by atoms with Crippen LogP contribution >= 0.6 is 11.6 Å². The highest BCUT2D eigenvalue weighted by Crippen LogP contribution is 2.43. The molecule has 5 nitrogen and oxygen atoms in total. The van der Waals surface area contributed by atoms with Crippen LogP contribution in [0.25, 0.3) is 0 Å². The Morgan fingerprint density at radius 2 is 2.00 bits per heavy atom. The minimum atomic E-state index is 0.135. The highest BCUT2D eigenvalue weighted by Gasteiger charge is 2.46. The van der Waals surface area contributed by atoms with Gasteiger partial charge in [0.15, 0.2) is 11.5 Å². The summed E-state index contributed by atoms with van der Waals surface area (Å²) in [5, 5.41) is 5.21. The van der Waals surface area contributed by atoms with Crippen LogP contribution in [0.15, 0.2) is 17.2 Å². The summed E-state index contributed by atoms with van der Waals surface area (Å²) in [7, 11) is 3.23. The monoisotopic (exact) mass is 321 g/mol. The van der Waals surface area contributed by atoms with Gasteiger partial charge in [0, 0.05) is 5.92 Å². The Labute approximate surface area is 135 Å². The zero-order chi connectivity index (χ0) is 15.3. The second-order valence-electron chi connectivity index (χ2n) is 6.14. The molecule has 118 valence electrons. The molecule has 1 N–H and O–H groups in total. The molecule has 6 heteroatoms. The number of methoxy groups -OCH3 is 2. The van der Waals surface area contributed by atoms with E-state index in [-0.39, 0.29) is 6.04 Å². The molecule has 1 aromatic rings. The van der Waals surface area contributed by atoms with Crippen molar-refractivity contribution in [2.75, 3.05) is 27.3 Å². The predicted molar refractivity (Wildman–Crippen MR) is 86.0 cm³/mol. The van der Waals surface area contributed by atoms with Crippen LogP contribution < -0.4 is 14.9 Å². The van der Waals surface area contributed by atoms with Crippen LogP contribution in [-0.4, -0.2) is 44.0 Å². The van der Waals surface area contributed by atoms with Crippen LogP contribution in [0.4, 0.5) is 0 Å². The smallest absolute Gasteiger partial charge is 0.179 e. The molecule has 0 amide bonds. The molecule has 2 bridgehead atoms. The van der Waals surface area contributed by atoms with Gasteiger partial charge in [0.1, 0.15) is 0 Å². The van der Waals surface area contributed by atoms with Gasteiger partial charge in [0.25, 0.3) is 0 Å². The first kappa shape index (κ1) is 14.2. The molecular weight excluding hydrogens is 302 g/mol. The number of rotatable bonds is 3. The molecule has 0 aromatic heterocycles. The minimum Gasteiger partial charge on any atom is -0.493 e. The second kappa shape index (κ2) is 5.32. The lowest BCUT2D eigenvalue weighted by molar-refractivity contribution is 0.133. The lowest BCUT2D eigenvalue weighted by Crippen LogP contribution is -2.56. The average molecular weight is 322 g/mol. The number of halogens is 1. The van der Waals surface area contributed by atoms with E-state index in [9.17, 15) is 0 Å². The van der Waals surface area contributed by atoms with E-state index < -0.39 is 0 Å². The van der Waals surface area contributed by atoms with Gasteiger partial charge in [0.05, 0.1) is 37.0 Å². The van der Waals surface area contributed by atoms with Gasteiger partial charge < -0.3 is 14.9 Å². The van der Waals surface area contributed by atoms with Gasteiger partial charge >= 0.3 is 0 Å². The molecule has 3 saturated heterocycles. The van der Waals surface area contributed by atoms with Crippen molar-refractivity contribution < 1.29 is 9.47 Å². The normalized spacial score (nSPS) is 32.2. The number of hydrogen-bond acceptors (Lipinski definition) is 5. The maximum Gasteiger partial charge on any atom is 0.179 e.